The van der Waals surface area contributed by atoms with Crippen molar-refractivity contribution in [2.24, 2.45) is 5.73 Å². The summed E-state index contributed by atoms with van der Waals surface area (Å²) < 4.78 is 10.9. The molecule has 3 rings (SSSR count). The third kappa shape index (κ3) is 1.59. The number of thiophene rings is 1. The first kappa shape index (κ1) is 10.4. The van der Waals surface area contributed by atoms with E-state index >= 15 is 0 Å². The van der Waals surface area contributed by atoms with E-state index in [-0.39, 0.29) is 0 Å². The van der Waals surface area contributed by atoms with Gasteiger partial charge in [0, 0.05) is 17.5 Å². The predicted molar refractivity (Wildman–Crippen MR) is 63.0 cm³/mol. The highest BCUT2D eigenvalue weighted by atomic mass is 32.1. The molecule has 0 saturated carbocycles. The standard InChI is InChI=1S/C11H16N2O2S/c1-13-3-2-7(12)4-8(13)11-10-9(5-16-11)14-6-15-10/h5,7-8H,2-4,6,12H2,1H3. The Morgan fingerprint density at radius 1 is 1.50 bits per heavy atom. The fraction of sp³-hybridized carbons (Fsp3) is 0.636. The molecule has 2 aliphatic heterocycles. The number of piperidine rings is 1. The number of ether oxygens (including phenoxy) is 2. The second kappa shape index (κ2) is 3.91. The second-order valence-electron chi connectivity index (χ2n) is 4.48. The summed E-state index contributed by atoms with van der Waals surface area (Å²) in [6.45, 7) is 1.41. The number of nitrogens with two attached hydrogens (primary N) is 1. The largest absolute Gasteiger partial charge is 0.453 e. The third-order valence-corrected chi connectivity index (χ3v) is 4.41. The molecule has 2 aliphatic rings. The van der Waals surface area contributed by atoms with Crippen molar-refractivity contribution in [3.63, 3.8) is 0 Å². The normalized spacial score (nSPS) is 29.6. The van der Waals surface area contributed by atoms with Gasteiger partial charge in [0.05, 0.1) is 4.88 Å². The first-order chi connectivity index (χ1) is 7.75. The highest BCUT2D eigenvalue weighted by Gasteiger charge is 2.32. The second-order valence-corrected chi connectivity index (χ2v) is 5.39. The molecule has 4 nitrogen and oxygen atoms in total. The molecular weight excluding hydrogens is 224 g/mol. The molecule has 0 bridgehead atoms. The fourth-order valence-corrected chi connectivity index (χ4v) is 3.49. The minimum atomic E-state index is 0.307. The van der Waals surface area contributed by atoms with Gasteiger partial charge in [-0.3, -0.25) is 4.90 Å². The van der Waals surface area contributed by atoms with E-state index in [1.165, 1.54) is 4.88 Å². The summed E-state index contributed by atoms with van der Waals surface area (Å²) in [5, 5.41) is 2.03. The van der Waals surface area contributed by atoms with Gasteiger partial charge in [-0.2, -0.15) is 0 Å². The lowest BCUT2D eigenvalue weighted by atomic mass is 9.97. The van der Waals surface area contributed by atoms with Crippen molar-refractivity contribution in [2.45, 2.75) is 24.9 Å². The monoisotopic (exact) mass is 240 g/mol. The Morgan fingerprint density at radius 2 is 2.38 bits per heavy atom. The molecule has 2 atom stereocenters. The van der Waals surface area contributed by atoms with E-state index in [0.717, 1.165) is 30.9 Å². The summed E-state index contributed by atoms with van der Waals surface area (Å²) in [7, 11) is 2.15. The maximum atomic E-state index is 6.04. The van der Waals surface area contributed by atoms with E-state index in [1.807, 2.05) is 5.38 Å². The van der Waals surface area contributed by atoms with E-state index in [4.69, 9.17) is 15.2 Å². The molecule has 1 saturated heterocycles. The Hall–Kier alpha value is -0.780. The summed E-state index contributed by atoms with van der Waals surface area (Å²) in [6.07, 6.45) is 2.09. The Labute approximate surface area is 98.9 Å². The SMILES string of the molecule is CN1CCC(N)CC1c1scc2c1OCO2. The van der Waals surface area contributed by atoms with Gasteiger partial charge in [0.1, 0.15) is 0 Å². The lowest BCUT2D eigenvalue weighted by Crippen LogP contribution is -2.39. The first-order valence-corrected chi connectivity index (χ1v) is 6.46. The van der Waals surface area contributed by atoms with E-state index in [2.05, 4.69) is 11.9 Å². The van der Waals surface area contributed by atoms with Crippen molar-refractivity contribution in [1.29, 1.82) is 0 Å². The zero-order chi connectivity index (χ0) is 11.1. The molecule has 88 valence electrons. The average Bonchev–Trinajstić information content (AvgIpc) is 2.83. The van der Waals surface area contributed by atoms with Crippen LogP contribution in [0.5, 0.6) is 11.5 Å². The molecule has 1 aromatic heterocycles. The summed E-state index contributed by atoms with van der Waals surface area (Å²) in [5.41, 5.74) is 6.04. The third-order valence-electron chi connectivity index (χ3n) is 3.37. The van der Waals surface area contributed by atoms with Gasteiger partial charge in [0.2, 0.25) is 6.79 Å². The lowest BCUT2D eigenvalue weighted by Gasteiger charge is -2.35. The zero-order valence-corrected chi connectivity index (χ0v) is 10.1. The molecule has 0 aliphatic carbocycles. The van der Waals surface area contributed by atoms with E-state index < -0.39 is 0 Å². The molecule has 2 unspecified atom stereocenters. The molecule has 5 heteroatoms. The van der Waals surface area contributed by atoms with E-state index in [1.54, 1.807) is 11.3 Å². The molecule has 1 aromatic rings. The Balaban J connectivity index is 1.90. The van der Waals surface area contributed by atoms with Crippen LogP contribution in [0.15, 0.2) is 5.38 Å². The number of fused-ring (bicyclic) bond motifs is 1. The highest BCUT2D eigenvalue weighted by Crippen LogP contribution is 2.47. The smallest absolute Gasteiger partial charge is 0.231 e. The fourth-order valence-electron chi connectivity index (χ4n) is 2.39. The Morgan fingerprint density at radius 3 is 3.25 bits per heavy atom. The predicted octanol–water partition coefficient (Wildman–Crippen LogP) is 1.57. The van der Waals surface area contributed by atoms with Crippen molar-refractivity contribution in [2.75, 3.05) is 20.4 Å². The molecule has 16 heavy (non-hydrogen) atoms. The van der Waals surface area contributed by atoms with Crippen molar-refractivity contribution in [1.82, 2.24) is 4.90 Å². The minimum Gasteiger partial charge on any atom is -0.453 e. The lowest BCUT2D eigenvalue weighted by molar-refractivity contribution is 0.157. The van der Waals surface area contributed by atoms with Gasteiger partial charge in [-0.25, -0.2) is 0 Å². The van der Waals surface area contributed by atoms with Crippen LogP contribution in [-0.4, -0.2) is 31.3 Å². The van der Waals surface area contributed by atoms with Crippen LogP contribution in [-0.2, 0) is 0 Å². The molecule has 0 radical (unpaired) electrons. The number of likely N-dealkylation sites (tertiary alicyclic amines) is 1. The van der Waals surface area contributed by atoms with Crippen LogP contribution in [0.1, 0.15) is 23.8 Å². The van der Waals surface area contributed by atoms with Crippen LogP contribution in [0.3, 0.4) is 0 Å². The first-order valence-electron chi connectivity index (χ1n) is 5.58. The molecule has 2 N–H and O–H groups in total. The van der Waals surface area contributed by atoms with Gasteiger partial charge in [0.25, 0.3) is 0 Å². The Kier molecular flexibility index (Phi) is 2.53. The average molecular weight is 240 g/mol. The number of rotatable bonds is 1. The van der Waals surface area contributed by atoms with Gasteiger partial charge in [-0.05, 0) is 26.4 Å². The van der Waals surface area contributed by atoms with Crippen LogP contribution in [0.25, 0.3) is 0 Å². The van der Waals surface area contributed by atoms with Gasteiger partial charge >= 0.3 is 0 Å². The molecule has 0 spiro atoms. The minimum absolute atomic E-state index is 0.307. The van der Waals surface area contributed by atoms with Gasteiger partial charge in [-0.1, -0.05) is 0 Å². The number of hydrogen-bond donors (Lipinski definition) is 1. The zero-order valence-electron chi connectivity index (χ0n) is 9.31. The van der Waals surface area contributed by atoms with Gasteiger partial charge in [0.15, 0.2) is 11.5 Å². The molecule has 0 amide bonds. The summed E-state index contributed by atoms with van der Waals surface area (Å²) in [5.74, 6) is 1.84. The molecule has 3 heterocycles. The van der Waals surface area contributed by atoms with Crippen molar-refractivity contribution in [3.05, 3.63) is 10.3 Å². The van der Waals surface area contributed by atoms with Gasteiger partial charge < -0.3 is 15.2 Å². The molecule has 1 fully saturated rings. The number of nitrogens with zero attached hydrogens (tertiary/aromatic N) is 1. The van der Waals surface area contributed by atoms with Crippen molar-refractivity contribution in [3.8, 4) is 11.5 Å². The maximum Gasteiger partial charge on any atom is 0.231 e. The van der Waals surface area contributed by atoms with E-state index in [0.29, 0.717) is 18.9 Å². The van der Waals surface area contributed by atoms with Crippen LogP contribution >= 0.6 is 11.3 Å². The molecule has 0 aromatic carbocycles. The van der Waals surface area contributed by atoms with Crippen LogP contribution in [0, 0.1) is 0 Å². The van der Waals surface area contributed by atoms with Crippen LogP contribution in [0.4, 0.5) is 0 Å². The highest BCUT2D eigenvalue weighted by molar-refractivity contribution is 7.10. The summed E-state index contributed by atoms with van der Waals surface area (Å²) in [4.78, 5) is 3.63. The summed E-state index contributed by atoms with van der Waals surface area (Å²) >= 11 is 1.72. The Bertz CT molecular complexity index is 393. The quantitative estimate of drug-likeness (QED) is 0.809. The van der Waals surface area contributed by atoms with Gasteiger partial charge in [-0.15, -0.1) is 11.3 Å². The summed E-state index contributed by atoms with van der Waals surface area (Å²) in [6, 6.07) is 0.695. The van der Waals surface area contributed by atoms with Crippen LogP contribution < -0.4 is 15.2 Å². The van der Waals surface area contributed by atoms with Crippen LogP contribution in [0.2, 0.25) is 0 Å². The van der Waals surface area contributed by atoms with Crippen molar-refractivity contribution < 1.29 is 9.47 Å². The topological polar surface area (TPSA) is 47.7 Å². The molecular formula is C11H16N2O2S. The number of hydrogen-bond acceptors (Lipinski definition) is 5. The maximum absolute atomic E-state index is 6.04. The van der Waals surface area contributed by atoms with E-state index in [9.17, 15) is 0 Å². The van der Waals surface area contributed by atoms with Crippen molar-refractivity contribution >= 4 is 11.3 Å².